The monoisotopic (exact) mass is 360 g/mol. The summed E-state index contributed by atoms with van der Waals surface area (Å²) in [5, 5.41) is 11.7. The summed E-state index contributed by atoms with van der Waals surface area (Å²) in [6.45, 7) is 4.49. The van der Waals surface area contributed by atoms with E-state index in [0.717, 1.165) is 44.1 Å². The number of aromatic nitrogens is 1. The number of nitrogens with one attached hydrogen (secondary N) is 2. The number of nitrogen functional groups attached to an aromatic ring is 1. The Bertz CT molecular complexity index is 799. The van der Waals surface area contributed by atoms with Gasteiger partial charge in [0.2, 0.25) is 0 Å². The number of hydrogen-bond donors (Lipinski definition) is 3. The van der Waals surface area contributed by atoms with Crippen molar-refractivity contribution in [2.24, 2.45) is 5.41 Å². The molecule has 0 radical (unpaired) electrons. The molecule has 0 aliphatic carbocycles. The number of pyridine rings is 1. The van der Waals surface area contributed by atoms with Gasteiger partial charge in [0.25, 0.3) is 0 Å². The lowest BCUT2D eigenvalue weighted by atomic mass is 9.82. The molecule has 1 aromatic heterocycles. The van der Waals surface area contributed by atoms with Gasteiger partial charge < -0.3 is 15.8 Å². The summed E-state index contributed by atoms with van der Waals surface area (Å²) in [5.41, 5.74) is 6.17. The smallest absolute Gasteiger partial charge is 0.136 e. The lowest BCUT2D eigenvalue weighted by Gasteiger charge is -2.34. The minimum absolute atomic E-state index is 0.0215. The second-order valence-corrected chi connectivity index (χ2v) is 6.95. The highest BCUT2D eigenvalue weighted by Gasteiger charge is 2.28. The maximum atomic E-state index is 13.5. The first-order chi connectivity index (χ1) is 12.4. The van der Waals surface area contributed by atoms with Crippen molar-refractivity contribution in [3.05, 3.63) is 53.2 Å². The number of rotatable bonds is 5. The van der Waals surface area contributed by atoms with E-state index in [2.05, 4.69) is 17.2 Å². The highest BCUT2D eigenvalue weighted by atomic mass is 19.1. The molecule has 2 aromatic rings. The van der Waals surface area contributed by atoms with E-state index in [4.69, 9.17) is 15.9 Å². The van der Waals surface area contributed by atoms with Crippen LogP contribution in [0.2, 0.25) is 0 Å². The standard InChI is InChI=1S/C19H22F2N4O/c1-19(3-6-24-7-4-19)11-26-15-2-5-25-18(23)16(15)17(22)12-8-13(20)10-14(21)9-12/h2,5,8-10,22,24H,3-4,6-7,11H2,1H3,(H2,23,25). The molecule has 2 heterocycles. The minimum atomic E-state index is -0.753. The third-order valence-corrected chi connectivity index (χ3v) is 4.73. The Morgan fingerprint density at radius 3 is 2.58 bits per heavy atom. The summed E-state index contributed by atoms with van der Waals surface area (Å²) in [4.78, 5) is 4.00. The maximum Gasteiger partial charge on any atom is 0.136 e. The minimum Gasteiger partial charge on any atom is -0.492 e. The van der Waals surface area contributed by atoms with E-state index in [1.54, 1.807) is 6.07 Å². The van der Waals surface area contributed by atoms with Crippen LogP contribution in [-0.2, 0) is 0 Å². The summed E-state index contributed by atoms with van der Waals surface area (Å²) in [5.74, 6) is -1.02. The molecule has 138 valence electrons. The lowest BCUT2D eigenvalue weighted by Crippen LogP contribution is -2.38. The van der Waals surface area contributed by atoms with Gasteiger partial charge in [0.1, 0.15) is 23.2 Å². The van der Waals surface area contributed by atoms with Gasteiger partial charge in [0.15, 0.2) is 0 Å². The number of hydrogen-bond acceptors (Lipinski definition) is 5. The summed E-state index contributed by atoms with van der Waals surface area (Å²) in [6.07, 6.45) is 3.46. The van der Waals surface area contributed by atoms with Crippen molar-refractivity contribution in [1.82, 2.24) is 10.3 Å². The Morgan fingerprint density at radius 1 is 1.27 bits per heavy atom. The fourth-order valence-electron chi connectivity index (χ4n) is 3.10. The van der Waals surface area contributed by atoms with Gasteiger partial charge in [-0.05, 0) is 44.1 Å². The molecule has 1 aliphatic heterocycles. The Morgan fingerprint density at radius 2 is 1.92 bits per heavy atom. The van der Waals surface area contributed by atoms with Crippen molar-refractivity contribution < 1.29 is 13.5 Å². The van der Waals surface area contributed by atoms with Gasteiger partial charge in [-0.3, -0.25) is 5.41 Å². The number of nitrogens with zero attached hydrogens (tertiary/aromatic N) is 1. The van der Waals surface area contributed by atoms with E-state index in [-0.39, 0.29) is 28.1 Å². The van der Waals surface area contributed by atoms with Gasteiger partial charge in [0.05, 0.1) is 17.9 Å². The van der Waals surface area contributed by atoms with Crippen LogP contribution < -0.4 is 15.8 Å². The number of benzene rings is 1. The van der Waals surface area contributed by atoms with Crippen LogP contribution in [0.15, 0.2) is 30.5 Å². The maximum absolute atomic E-state index is 13.5. The van der Waals surface area contributed by atoms with Crippen LogP contribution in [0.4, 0.5) is 14.6 Å². The third kappa shape index (κ3) is 3.99. The van der Waals surface area contributed by atoms with Crippen molar-refractivity contribution in [2.45, 2.75) is 19.8 Å². The van der Waals surface area contributed by atoms with Crippen molar-refractivity contribution >= 4 is 11.5 Å². The zero-order chi connectivity index (χ0) is 18.7. The van der Waals surface area contributed by atoms with E-state index in [1.807, 2.05) is 0 Å². The second kappa shape index (κ2) is 7.37. The zero-order valence-corrected chi connectivity index (χ0v) is 14.6. The van der Waals surface area contributed by atoms with E-state index in [1.165, 1.54) is 6.20 Å². The molecule has 0 atom stereocenters. The van der Waals surface area contributed by atoms with Crippen LogP contribution in [0.25, 0.3) is 0 Å². The molecule has 4 N–H and O–H groups in total. The van der Waals surface area contributed by atoms with Gasteiger partial charge in [0, 0.05) is 23.2 Å². The molecule has 1 aromatic carbocycles. The molecule has 0 unspecified atom stereocenters. The predicted octanol–water partition coefficient (Wildman–Crippen LogP) is 3.13. The van der Waals surface area contributed by atoms with Crippen molar-refractivity contribution in [3.63, 3.8) is 0 Å². The Hall–Kier alpha value is -2.54. The highest BCUT2D eigenvalue weighted by Crippen LogP contribution is 2.32. The largest absolute Gasteiger partial charge is 0.492 e. The number of anilines is 1. The second-order valence-electron chi connectivity index (χ2n) is 6.95. The molecule has 1 saturated heterocycles. The Labute approximate surface area is 151 Å². The van der Waals surface area contributed by atoms with Crippen molar-refractivity contribution in [2.75, 3.05) is 25.4 Å². The number of nitrogens with two attached hydrogens (primary N) is 1. The quantitative estimate of drug-likeness (QED) is 0.716. The topological polar surface area (TPSA) is 84.0 Å². The van der Waals surface area contributed by atoms with Gasteiger partial charge in [-0.15, -0.1) is 0 Å². The molecule has 0 amide bonds. The molecule has 0 bridgehead atoms. The summed E-state index contributed by atoms with van der Waals surface area (Å²) in [7, 11) is 0. The molecule has 5 nitrogen and oxygen atoms in total. The fraction of sp³-hybridized carbons (Fsp3) is 0.368. The molecule has 26 heavy (non-hydrogen) atoms. The normalized spacial score (nSPS) is 16.3. The number of piperidine rings is 1. The predicted molar refractivity (Wildman–Crippen MR) is 96.6 cm³/mol. The number of halogens is 2. The van der Waals surface area contributed by atoms with Crippen LogP contribution in [0.1, 0.15) is 30.9 Å². The van der Waals surface area contributed by atoms with Gasteiger partial charge >= 0.3 is 0 Å². The Balaban J connectivity index is 1.88. The first kappa shape index (κ1) is 18.3. The summed E-state index contributed by atoms with van der Waals surface area (Å²) in [6, 6.07) is 4.57. The van der Waals surface area contributed by atoms with Crippen LogP contribution in [0, 0.1) is 22.5 Å². The molecule has 3 rings (SSSR count). The molecule has 0 saturated carbocycles. The highest BCUT2D eigenvalue weighted by molar-refractivity contribution is 6.15. The fourth-order valence-corrected chi connectivity index (χ4v) is 3.10. The first-order valence-electron chi connectivity index (χ1n) is 8.51. The molecule has 7 heteroatoms. The van der Waals surface area contributed by atoms with Gasteiger partial charge in [-0.1, -0.05) is 6.92 Å². The molecule has 1 fully saturated rings. The molecule has 1 aliphatic rings. The summed E-state index contributed by atoms with van der Waals surface area (Å²) < 4.78 is 33.0. The molecule has 0 spiro atoms. The van der Waals surface area contributed by atoms with Crippen LogP contribution >= 0.6 is 0 Å². The zero-order valence-electron chi connectivity index (χ0n) is 14.6. The van der Waals surface area contributed by atoms with Crippen molar-refractivity contribution in [3.8, 4) is 5.75 Å². The van der Waals surface area contributed by atoms with Crippen LogP contribution in [-0.4, -0.2) is 30.4 Å². The van der Waals surface area contributed by atoms with Crippen LogP contribution in [0.3, 0.4) is 0 Å². The van der Waals surface area contributed by atoms with Crippen molar-refractivity contribution in [1.29, 1.82) is 5.41 Å². The third-order valence-electron chi connectivity index (χ3n) is 4.73. The lowest BCUT2D eigenvalue weighted by molar-refractivity contribution is 0.123. The number of ether oxygens (including phenoxy) is 1. The summed E-state index contributed by atoms with van der Waals surface area (Å²) >= 11 is 0. The molecular formula is C19H22F2N4O. The van der Waals surface area contributed by atoms with E-state index in [0.29, 0.717) is 12.4 Å². The van der Waals surface area contributed by atoms with Gasteiger partial charge in [-0.2, -0.15) is 0 Å². The molecular weight excluding hydrogens is 338 g/mol. The van der Waals surface area contributed by atoms with E-state index < -0.39 is 11.6 Å². The SMILES string of the molecule is CC1(COc2ccnc(N)c2C(=N)c2cc(F)cc(F)c2)CCNCC1. The average Bonchev–Trinajstić information content (AvgIpc) is 2.59. The van der Waals surface area contributed by atoms with E-state index in [9.17, 15) is 8.78 Å². The van der Waals surface area contributed by atoms with E-state index >= 15 is 0 Å². The first-order valence-corrected chi connectivity index (χ1v) is 8.51. The van der Waals surface area contributed by atoms with Crippen LogP contribution in [0.5, 0.6) is 5.75 Å². The van der Waals surface area contributed by atoms with Gasteiger partial charge in [-0.25, -0.2) is 13.8 Å². The Kier molecular flexibility index (Phi) is 5.18. The average molecular weight is 360 g/mol.